The number of hydrogen-bond acceptors (Lipinski definition) is 4. The van der Waals surface area contributed by atoms with Crippen LogP contribution in [0.25, 0.3) is 22.2 Å². The summed E-state index contributed by atoms with van der Waals surface area (Å²) >= 11 is 6.29. The minimum absolute atomic E-state index is 0.354. The molecular formula is C18H18ClN3O. The number of piperazine rings is 1. The van der Waals surface area contributed by atoms with Gasteiger partial charge in [-0.15, -0.1) is 0 Å². The van der Waals surface area contributed by atoms with Gasteiger partial charge in [0.05, 0.1) is 0 Å². The Morgan fingerprint density at radius 2 is 2.09 bits per heavy atom. The van der Waals surface area contributed by atoms with Crippen molar-refractivity contribution >= 4 is 28.7 Å². The Hall–Kier alpha value is -2.04. The summed E-state index contributed by atoms with van der Waals surface area (Å²) in [4.78, 5) is 6.89. The maximum atomic E-state index is 6.29. The minimum atomic E-state index is 0.354. The molecule has 0 aliphatic carbocycles. The molecule has 0 spiro atoms. The molecule has 1 aliphatic heterocycles. The van der Waals surface area contributed by atoms with Crippen LogP contribution in [0, 0.1) is 0 Å². The number of halogens is 1. The second-order valence-corrected chi connectivity index (χ2v) is 6.35. The van der Waals surface area contributed by atoms with Crippen LogP contribution in [0.4, 0.5) is 6.01 Å². The first-order valence-corrected chi connectivity index (χ1v) is 8.23. The van der Waals surface area contributed by atoms with Crippen molar-refractivity contribution in [2.45, 2.75) is 13.0 Å². The zero-order valence-electron chi connectivity index (χ0n) is 12.9. The molecule has 4 nitrogen and oxygen atoms in total. The number of rotatable bonds is 2. The van der Waals surface area contributed by atoms with E-state index in [1.807, 2.05) is 30.3 Å². The summed E-state index contributed by atoms with van der Waals surface area (Å²) in [6, 6.07) is 15.0. The van der Waals surface area contributed by atoms with Crippen molar-refractivity contribution in [3.8, 4) is 11.1 Å². The molecule has 2 aromatic carbocycles. The van der Waals surface area contributed by atoms with Crippen LogP contribution >= 0.6 is 11.6 Å². The molecule has 23 heavy (non-hydrogen) atoms. The van der Waals surface area contributed by atoms with Crippen LogP contribution in [0.3, 0.4) is 0 Å². The number of oxazole rings is 1. The molecule has 118 valence electrons. The van der Waals surface area contributed by atoms with Crippen molar-refractivity contribution in [2.75, 3.05) is 24.5 Å². The van der Waals surface area contributed by atoms with E-state index in [2.05, 4.69) is 34.3 Å². The highest BCUT2D eigenvalue weighted by molar-refractivity contribution is 6.31. The summed E-state index contributed by atoms with van der Waals surface area (Å²) in [7, 11) is 0. The highest BCUT2D eigenvalue weighted by Gasteiger charge is 2.23. The number of anilines is 1. The van der Waals surface area contributed by atoms with E-state index in [0.29, 0.717) is 17.1 Å². The van der Waals surface area contributed by atoms with E-state index in [9.17, 15) is 0 Å². The molecule has 0 unspecified atom stereocenters. The fourth-order valence-corrected chi connectivity index (χ4v) is 3.28. The first-order valence-electron chi connectivity index (χ1n) is 7.85. The van der Waals surface area contributed by atoms with Crippen molar-refractivity contribution in [1.82, 2.24) is 10.3 Å². The zero-order chi connectivity index (χ0) is 15.8. The Balaban J connectivity index is 1.85. The SMILES string of the molecule is C[C@H]1CNCCN1c1nc2cc(Cl)cc(-c3ccccc3)c2o1. The van der Waals surface area contributed by atoms with Crippen LogP contribution in [-0.4, -0.2) is 30.7 Å². The van der Waals surface area contributed by atoms with Gasteiger partial charge in [0.1, 0.15) is 5.52 Å². The van der Waals surface area contributed by atoms with E-state index in [1.165, 1.54) is 0 Å². The van der Waals surface area contributed by atoms with E-state index >= 15 is 0 Å². The fourth-order valence-electron chi connectivity index (χ4n) is 3.07. The lowest BCUT2D eigenvalue weighted by Crippen LogP contribution is -2.50. The molecule has 4 rings (SSSR count). The quantitative estimate of drug-likeness (QED) is 0.774. The van der Waals surface area contributed by atoms with Crippen molar-refractivity contribution in [3.63, 3.8) is 0 Å². The number of benzene rings is 2. The number of hydrogen-bond donors (Lipinski definition) is 1. The Labute approximate surface area is 140 Å². The lowest BCUT2D eigenvalue weighted by atomic mass is 10.1. The van der Waals surface area contributed by atoms with Crippen molar-refractivity contribution in [3.05, 3.63) is 47.5 Å². The molecule has 0 bridgehead atoms. The topological polar surface area (TPSA) is 41.3 Å². The molecule has 3 aromatic rings. The summed E-state index contributed by atoms with van der Waals surface area (Å²) in [6.07, 6.45) is 0. The van der Waals surface area contributed by atoms with Gasteiger partial charge in [-0.25, -0.2) is 0 Å². The van der Waals surface area contributed by atoms with Gasteiger partial charge in [-0.3, -0.25) is 0 Å². The normalized spacial score (nSPS) is 18.5. The van der Waals surface area contributed by atoms with Crippen LogP contribution in [0.2, 0.25) is 5.02 Å². The van der Waals surface area contributed by atoms with Gasteiger partial charge in [-0.2, -0.15) is 4.98 Å². The smallest absolute Gasteiger partial charge is 0.298 e. The van der Waals surface area contributed by atoms with Crippen LogP contribution < -0.4 is 10.2 Å². The third-order valence-electron chi connectivity index (χ3n) is 4.28. The lowest BCUT2D eigenvalue weighted by molar-refractivity contribution is 0.456. The molecular weight excluding hydrogens is 310 g/mol. The summed E-state index contributed by atoms with van der Waals surface area (Å²) in [5, 5.41) is 4.05. The van der Waals surface area contributed by atoms with E-state index in [4.69, 9.17) is 16.0 Å². The van der Waals surface area contributed by atoms with Crippen LogP contribution in [0.15, 0.2) is 46.9 Å². The monoisotopic (exact) mass is 327 g/mol. The van der Waals surface area contributed by atoms with E-state index in [0.717, 1.165) is 41.9 Å². The van der Waals surface area contributed by atoms with Crippen LogP contribution in [-0.2, 0) is 0 Å². The molecule has 1 aliphatic rings. The average molecular weight is 328 g/mol. The Morgan fingerprint density at radius 1 is 1.26 bits per heavy atom. The molecule has 1 atom stereocenters. The second-order valence-electron chi connectivity index (χ2n) is 5.91. The van der Waals surface area contributed by atoms with Crippen molar-refractivity contribution in [2.24, 2.45) is 0 Å². The fraction of sp³-hybridized carbons (Fsp3) is 0.278. The average Bonchev–Trinajstić information content (AvgIpc) is 2.99. The standard InChI is InChI=1S/C18H18ClN3O/c1-12-11-20-7-8-22(12)18-21-16-10-14(19)9-15(17(16)23-18)13-5-3-2-4-6-13/h2-6,9-10,12,20H,7-8,11H2,1H3/t12-/m0/s1. The minimum Gasteiger partial charge on any atom is -0.423 e. The highest BCUT2D eigenvalue weighted by Crippen LogP contribution is 2.35. The van der Waals surface area contributed by atoms with Gasteiger partial charge in [0, 0.05) is 36.3 Å². The van der Waals surface area contributed by atoms with Gasteiger partial charge >= 0.3 is 0 Å². The predicted molar refractivity (Wildman–Crippen MR) is 94.1 cm³/mol. The summed E-state index contributed by atoms with van der Waals surface area (Å²) < 4.78 is 6.15. The molecule has 0 amide bonds. The molecule has 2 heterocycles. The van der Waals surface area contributed by atoms with E-state index in [1.54, 1.807) is 0 Å². The van der Waals surface area contributed by atoms with E-state index < -0.39 is 0 Å². The summed E-state index contributed by atoms with van der Waals surface area (Å²) in [6.45, 7) is 4.94. The zero-order valence-corrected chi connectivity index (χ0v) is 13.7. The second kappa shape index (κ2) is 5.87. The molecule has 1 aromatic heterocycles. The van der Waals surface area contributed by atoms with Crippen LogP contribution in [0.5, 0.6) is 0 Å². The maximum Gasteiger partial charge on any atom is 0.298 e. The number of nitrogens with one attached hydrogen (secondary N) is 1. The largest absolute Gasteiger partial charge is 0.423 e. The molecule has 0 saturated carbocycles. The first kappa shape index (κ1) is 14.5. The Morgan fingerprint density at radius 3 is 2.87 bits per heavy atom. The Bertz CT molecular complexity index is 831. The summed E-state index contributed by atoms with van der Waals surface area (Å²) in [5.41, 5.74) is 3.66. The van der Waals surface area contributed by atoms with Gasteiger partial charge in [-0.05, 0) is 24.6 Å². The predicted octanol–water partition coefficient (Wildman–Crippen LogP) is 3.95. The van der Waals surface area contributed by atoms with Gasteiger partial charge in [0.15, 0.2) is 5.58 Å². The first-order chi connectivity index (χ1) is 11.2. The highest BCUT2D eigenvalue weighted by atomic mass is 35.5. The molecule has 1 N–H and O–H groups in total. The number of nitrogens with zero attached hydrogens (tertiary/aromatic N) is 2. The van der Waals surface area contributed by atoms with Crippen LogP contribution in [0.1, 0.15) is 6.92 Å². The molecule has 0 radical (unpaired) electrons. The van der Waals surface area contributed by atoms with Gasteiger partial charge in [0.25, 0.3) is 6.01 Å². The number of aromatic nitrogens is 1. The molecule has 1 fully saturated rings. The maximum absolute atomic E-state index is 6.29. The lowest BCUT2D eigenvalue weighted by Gasteiger charge is -2.32. The van der Waals surface area contributed by atoms with Crippen molar-refractivity contribution in [1.29, 1.82) is 0 Å². The van der Waals surface area contributed by atoms with Gasteiger partial charge in [-0.1, -0.05) is 41.9 Å². The third kappa shape index (κ3) is 2.69. The summed E-state index contributed by atoms with van der Waals surface area (Å²) in [5.74, 6) is 0. The Kier molecular flexibility index (Phi) is 3.71. The molecule has 1 saturated heterocycles. The molecule has 5 heteroatoms. The third-order valence-corrected chi connectivity index (χ3v) is 4.49. The number of fused-ring (bicyclic) bond motifs is 1. The van der Waals surface area contributed by atoms with Crippen molar-refractivity contribution < 1.29 is 4.42 Å². The van der Waals surface area contributed by atoms with Gasteiger partial charge < -0.3 is 14.6 Å². The van der Waals surface area contributed by atoms with E-state index in [-0.39, 0.29) is 0 Å². The van der Waals surface area contributed by atoms with Gasteiger partial charge in [0.2, 0.25) is 0 Å².